The lowest BCUT2D eigenvalue weighted by Crippen LogP contribution is -2.54. The Morgan fingerprint density at radius 3 is 2.16 bits per heavy atom. The molecule has 6 nitrogen and oxygen atoms in total. The Bertz CT molecular complexity index is 274. The fraction of sp³-hybridized carbons (Fsp3) is 0.846. The Morgan fingerprint density at radius 2 is 1.47 bits per heavy atom. The number of nitrogens with one attached hydrogen (secondary N) is 5. The van der Waals surface area contributed by atoms with Gasteiger partial charge in [0.1, 0.15) is 0 Å². The molecule has 6 heteroatoms. The molecule has 0 bridgehead atoms. The van der Waals surface area contributed by atoms with E-state index in [1.54, 1.807) is 0 Å². The van der Waals surface area contributed by atoms with Crippen LogP contribution in [0.2, 0.25) is 0 Å². The standard InChI is InChI=1S/C13H26N6/c14-12(16-11-7-3-1-4-8-11)17-13(15)18-19-9-5-2-6-10-19/h11H,1-10H2,(H5,14,15,16,17,18). The van der Waals surface area contributed by atoms with Crippen molar-refractivity contribution in [2.75, 3.05) is 13.1 Å². The molecule has 0 aromatic rings. The van der Waals surface area contributed by atoms with Crippen LogP contribution in [0.1, 0.15) is 51.4 Å². The van der Waals surface area contributed by atoms with Crippen LogP contribution in [0.15, 0.2) is 0 Å². The van der Waals surface area contributed by atoms with E-state index in [0.717, 1.165) is 25.9 Å². The summed E-state index contributed by atoms with van der Waals surface area (Å²) in [6.45, 7) is 1.96. The highest BCUT2D eigenvalue weighted by Gasteiger charge is 2.15. The van der Waals surface area contributed by atoms with Crippen molar-refractivity contribution in [2.45, 2.75) is 57.4 Å². The van der Waals surface area contributed by atoms with E-state index in [1.165, 1.54) is 38.5 Å². The number of nitrogens with zero attached hydrogens (tertiary/aromatic N) is 1. The van der Waals surface area contributed by atoms with Crippen LogP contribution >= 0.6 is 0 Å². The normalized spacial score (nSPS) is 21.7. The fourth-order valence-electron chi connectivity index (χ4n) is 2.80. The first-order chi connectivity index (χ1) is 9.24. The highest BCUT2D eigenvalue weighted by molar-refractivity contribution is 5.95. The van der Waals surface area contributed by atoms with Crippen molar-refractivity contribution >= 4 is 11.9 Å². The lowest BCUT2D eigenvalue weighted by Gasteiger charge is -2.29. The maximum Gasteiger partial charge on any atom is 0.210 e. The molecular weight excluding hydrogens is 240 g/mol. The molecule has 0 amide bonds. The van der Waals surface area contributed by atoms with E-state index >= 15 is 0 Å². The fourth-order valence-corrected chi connectivity index (χ4v) is 2.80. The molecule has 5 N–H and O–H groups in total. The number of guanidine groups is 2. The monoisotopic (exact) mass is 266 g/mol. The molecule has 0 atom stereocenters. The molecule has 0 unspecified atom stereocenters. The Morgan fingerprint density at radius 1 is 0.842 bits per heavy atom. The van der Waals surface area contributed by atoms with Crippen molar-refractivity contribution in [3.8, 4) is 0 Å². The van der Waals surface area contributed by atoms with Gasteiger partial charge in [0.2, 0.25) is 5.96 Å². The van der Waals surface area contributed by atoms with Crippen molar-refractivity contribution in [3.63, 3.8) is 0 Å². The minimum absolute atomic E-state index is 0.190. The zero-order chi connectivity index (χ0) is 13.5. The van der Waals surface area contributed by atoms with Gasteiger partial charge in [0.05, 0.1) is 0 Å². The maximum atomic E-state index is 7.85. The molecule has 1 saturated carbocycles. The second kappa shape index (κ2) is 7.33. The van der Waals surface area contributed by atoms with Crippen LogP contribution in [-0.2, 0) is 0 Å². The molecule has 1 aliphatic carbocycles. The second-order valence-electron chi connectivity index (χ2n) is 5.51. The smallest absolute Gasteiger partial charge is 0.210 e. The topological polar surface area (TPSA) is 87.0 Å². The van der Waals surface area contributed by atoms with Gasteiger partial charge in [0.25, 0.3) is 0 Å². The van der Waals surface area contributed by atoms with Gasteiger partial charge >= 0.3 is 0 Å². The minimum atomic E-state index is 0.190. The Hall–Kier alpha value is -1.30. The lowest BCUT2D eigenvalue weighted by atomic mass is 9.96. The Labute approximate surface area is 115 Å². The van der Waals surface area contributed by atoms with Crippen molar-refractivity contribution < 1.29 is 0 Å². The summed E-state index contributed by atoms with van der Waals surface area (Å²) in [5.74, 6) is 0.427. The average molecular weight is 266 g/mol. The van der Waals surface area contributed by atoms with Crippen LogP contribution in [0.4, 0.5) is 0 Å². The van der Waals surface area contributed by atoms with Crippen LogP contribution in [0, 0.1) is 10.8 Å². The summed E-state index contributed by atoms with van der Waals surface area (Å²) in [5, 5.41) is 23.7. The van der Waals surface area contributed by atoms with Gasteiger partial charge in [-0.2, -0.15) is 0 Å². The number of rotatable bonds is 2. The molecule has 1 saturated heterocycles. The predicted molar refractivity (Wildman–Crippen MR) is 77.2 cm³/mol. The third-order valence-electron chi connectivity index (χ3n) is 3.83. The van der Waals surface area contributed by atoms with Gasteiger partial charge in [0, 0.05) is 19.1 Å². The zero-order valence-electron chi connectivity index (χ0n) is 11.6. The largest absolute Gasteiger partial charge is 0.353 e. The number of hydrazine groups is 1. The molecule has 2 fully saturated rings. The molecule has 0 spiro atoms. The molecule has 0 radical (unpaired) electrons. The molecular formula is C13H26N6. The quantitative estimate of drug-likeness (QED) is 0.386. The van der Waals surface area contributed by atoms with Gasteiger partial charge < -0.3 is 5.32 Å². The molecule has 1 heterocycles. The molecule has 1 aliphatic heterocycles. The van der Waals surface area contributed by atoms with Crippen LogP contribution in [0.5, 0.6) is 0 Å². The van der Waals surface area contributed by atoms with Gasteiger partial charge in [-0.25, -0.2) is 5.01 Å². The van der Waals surface area contributed by atoms with Crippen molar-refractivity contribution in [1.82, 2.24) is 21.1 Å². The molecule has 2 aliphatic rings. The predicted octanol–water partition coefficient (Wildman–Crippen LogP) is 1.36. The number of piperidine rings is 1. The van der Waals surface area contributed by atoms with Gasteiger partial charge in [-0.1, -0.05) is 25.7 Å². The Balaban J connectivity index is 1.64. The van der Waals surface area contributed by atoms with Gasteiger partial charge in [-0.05, 0) is 25.7 Å². The molecule has 19 heavy (non-hydrogen) atoms. The zero-order valence-corrected chi connectivity index (χ0v) is 11.6. The first-order valence-corrected chi connectivity index (χ1v) is 7.46. The summed E-state index contributed by atoms with van der Waals surface area (Å²) in [7, 11) is 0. The van der Waals surface area contributed by atoms with E-state index in [1.807, 2.05) is 5.01 Å². The lowest BCUT2D eigenvalue weighted by molar-refractivity contribution is 0.192. The van der Waals surface area contributed by atoms with Crippen LogP contribution in [0.3, 0.4) is 0 Å². The number of hydrogen-bond acceptors (Lipinski definition) is 3. The maximum absolute atomic E-state index is 7.85. The van der Waals surface area contributed by atoms with Crippen molar-refractivity contribution in [3.05, 3.63) is 0 Å². The van der Waals surface area contributed by atoms with E-state index in [2.05, 4.69) is 16.1 Å². The third-order valence-corrected chi connectivity index (χ3v) is 3.83. The van der Waals surface area contributed by atoms with Crippen molar-refractivity contribution in [1.29, 1.82) is 10.8 Å². The van der Waals surface area contributed by atoms with Gasteiger partial charge in [-0.15, -0.1) is 0 Å². The summed E-state index contributed by atoms with van der Waals surface area (Å²) < 4.78 is 0. The molecule has 108 valence electrons. The molecule has 0 aromatic carbocycles. The summed E-state index contributed by atoms with van der Waals surface area (Å²) >= 11 is 0. The van der Waals surface area contributed by atoms with Crippen LogP contribution in [-0.4, -0.2) is 36.1 Å². The first kappa shape index (κ1) is 14.1. The number of hydrogen-bond donors (Lipinski definition) is 5. The highest BCUT2D eigenvalue weighted by atomic mass is 15.5. The Kier molecular flexibility index (Phi) is 5.44. The SMILES string of the molecule is N=C(NC(=N)NN1CCCCC1)NC1CCCCC1. The van der Waals surface area contributed by atoms with E-state index in [4.69, 9.17) is 10.8 Å². The summed E-state index contributed by atoms with van der Waals surface area (Å²) in [6.07, 6.45) is 9.70. The highest BCUT2D eigenvalue weighted by Crippen LogP contribution is 2.16. The minimum Gasteiger partial charge on any atom is -0.353 e. The third kappa shape index (κ3) is 5.06. The molecule has 0 aromatic heterocycles. The van der Waals surface area contributed by atoms with E-state index in [0.29, 0.717) is 6.04 Å². The van der Waals surface area contributed by atoms with E-state index < -0.39 is 0 Å². The van der Waals surface area contributed by atoms with E-state index in [-0.39, 0.29) is 11.9 Å². The van der Waals surface area contributed by atoms with Crippen LogP contribution < -0.4 is 16.1 Å². The average Bonchev–Trinajstić information content (AvgIpc) is 2.40. The summed E-state index contributed by atoms with van der Waals surface area (Å²) in [4.78, 5) is 0. The van der Waals surface area contributed by atoms with Gasteiger partial charge in [0.15, 0.2) is 5.96 Å². The summed E-state index contributed by atoms with van der Waals surface area (Å²) in [6, 6.07) is 0.400. The second-order valence-corrected chi connectivity index (χ2v) is 5.51. The summed E-state index contributed by atoms with van der Waals surface area (Å²) in [5.41, 5.74) is 3.01. The van der Waals surface area contributed by atoms with Gasteiger partial charge in [-0.3, -0.25) is 21.6 Å². The van der Waals surface area contributed by atoms with Crippen molar-refractivity contribution in [2.24, 2.45) is 0 Å². The van der Waals surface area contributed by atoms with Crippen LogP contribution in [0.25, 0.3) is 0 Å². The van der Waals surface area contributed by atoms with E-state index in [9.17, 15) is 0 Å². The molecule has 2 rings (SSSR count). The first-order valence-electron chi connectivity index (χ1n) is 7.46.